The Balaban J connectivity index is 1.25. The molecule has 0 aliphatic carbocycles. The summed E-state index contributed by atoms with van der Waals surface area (Å²) in [6.07, 6.45) is 0.988. The summed E-state index contributed by atoms with van der Waals surface area (Å²) in [4.78, 5) is 22.3. The first-order valence-corrected chi connectivity index (χ1v) is 13.8. The Hall–Kier alpha value is -2.49. The number of rotatable bonds is 8. The molecule has 1 amide bonds. The van der Waals surface area contributed by atoms with E-state index < -0.39 is 9.84 Å². The minimum atomic E-state index is -3.25. The van der Waals surface area contributed by atoms with Crippen LogP contribution in [0.3, 0.4) is 0 Å². The average molecular weight is 487 g/mol. The summed E-state index contributed by atoms with van der Waals surface area (Å²) in [6.45, 7) is 8.79. The van der Waals surface area contributed by atoms with Crippen LogP contribution in [0.25, 0.3) is 10.2 Å². The topological polar surface area (TPSA) is 82.6 Å². The van der Waals surface area contributed by atoms with Crippen LogP contribution in [0, 0.1) is 0 Å². The lowest BCUT2D eigenvalue weighted by Gasteiger charge is -2.34. The van der Waals surface area contributed by atoms with Crippen molar-refractivity contribution in [3.8, 4) is 0 Å². The van der Waals surface area contributed by atoms with Crippen LogP contribution in [0.15, 0.2) is 47.4 Å². The first-order chi connectivity index (χ1) is 15.9. The maximum absolute atomic E-state index is 12.4. The van der Waals surface area contributed by atoms with Gasteiger partial charge in [0.05, 0.1) is 20.9 Å². The fraction of sp³-hybridized carbons (Fsp3) is 0.417. The number of thiazole rings is 1. The van der Waals surface area contributed by atoms with Gasteiger partial charge in [0.1, 0.15) is 0 Å². The number of sulfone groups is 1. The Labute approximate surface area is 199 Å². The smallest absolute Gasteiger partial charge is 0.251 e. The number of carbonyl (C=O) groups is 1. The average Bonchev–Trinajstić information content (AvgIpc) is 3.29. The fourth-order valence-corrected chi connectivity index (χ4v) is 5.94. The van der Waals surface area contributed by atoms with Crippen LogP contribution in [0.1, 0.15) is 29.8 Å². The maximum atomic E-state index is 12.4. The van der Waals surface area contributed by atoms with Crippen molar-refractivity contribution in [3.63, 3.8) is 0 Å². The zero-order valence-electron chi connectivity index (χ0n) is 19.1. The minimum Gasteiger partial charge on any atom is -0.351 e. The van der Waals surface area contributed by atoms with E-state index in [9.17, 15) is 13.2 Å². The molecule has 1 aliphatic rings. The summed E-state index contributed by atoms with van der Waals surface area (Å²) >= 11 is 1.76. The maximum Gasteiger partial charge on any atom is 0.251 e. The summed E-state index contributed by atoms with van der Waals surface area (Å²) in [6, 6.07) is 12.5. The van der Waals surface area contributed by atoms with Crippen molar-refractivity contribution in [2.45, 2.75) is 25.2 Å². The number of nitrogens with zero attached hydrogens (tertiary/aromatic N) is 3. The number of nitrogens with one attached hydrogen (secondary N) is 1. The highest BCUT2D eigenvalue weighted by molar-refractivity contribution is 7.91. The van der Waals surface area contributed by atoms with Gasteiger partial charge >= 0.3 is 0 Å². The van der Waals surface area contributed by atoms with Crippen molar-refractivity contribution in [1.29, 1.82) is 0 Å². The van der Waals surface area contributed by atoms with Gasteiger partial charge in [0.25, 0.3) is 5.91 Å². The van der Waals surface area contributed by atoms with E-state index in [1.165, 1.54) is 22.4 Å². The lowest BCUT2D eigenvalue weighted by Crippen LogP contribution is -2.48. The standard InChI is InChI=1S/C24H30N4O3S2/c1-3-18-6-5-7-21-22(18)26-24(32-21)28-16-14-27(15-17-28)13-12-25-23(29)19-8-10-20(11-9-19)33(30,31)4-2/h5-11H,3-4,12-17H2,1-2H3,(H,25,29). The van der Waals surface area contributed by atoms with Crippen LogP contribution in [0.2, 0.25) is 0 Å². The van der Waals surface area contributed by atoms with Gasteiger partial charge < -0.3 is 10.2 Å². The highest BCUT2D eigenvalue weighted by Crippen LogP contribution is 2.31. The van der Waals surface area contributed by atoms with Crippen LogP contribution in [0.5, 0.6) is 0 Å². The molecule has 1 fully saturated rings. The predicted octanol–water partition coefficient (Wildman–Crippen LogP) is 3.20. The van der Waals surface area contributed by atoms with Crippen LogP contribution in [-0.2, 0) is 16.3 Å². The van der Waals surface area contributed by atoms with Crippen molar-refractivity contribution >= 4 is 42.4 Å². The number of hydrogen-bond acceptors (Lipinski definition) is 7. The number of para-hydroxylation sites is 1. The molecule has 3 aromatic rings. The molecule has 4 rings (SSSR count). The SMILES string of the molecule is CCc1cccc2sc(N3CCN(CCNC(=O)c4ccc(S(=O)(=O)CC)cc4)CC3)nc12. The second-order valence-corrected chi connectivity index (χ2v) is 11.4. The second-order valence-electron chi connectivity index (χ2n) is 8.13. The molecule has 0 spiro atoms. The number of amides is 1. The van der Waals surface area contributed by atoms with E-state index in [1.807, 2.05) is 0 Å². The highest BCUT2D eigenvalue weighted by atomic mass is 32.2. The second kappa shape index (κ2) is 10.2. The number of fused-ring (bicyclic) bond motifs is 1. The van der Waals surface area contributed by atoms with Crippen molar-refractivity contribution in [2.75, 3.05) is 49.9 Å². The molecule has 1 saturated heterocycles. The number of carbonyl (C=O) groups excluding carboxylic acids is 1. The zero-order valence-corrected chi connectivity index (χ0v) is 20.7. The van der Waals surface area contributed by atoms with Gasteiger partial charge in [-0.05, 0) is 42.3 Å². The molecular weight excluding hydrogens is 456 g/mol. The van der Waals surface area contributed by atoms with Crippen LogP contribution >= 0.6 is 11.3 Å². The van der Waals surface area contributed by atoms with E-state index in [0.717, 1.165) is 49.8 Å². The molecule has 1 N–H and O–H groups in total. The van der Waals surface area contributed by atoms with Gasteiger partial charge in [0.2, 0.25) is 0 Å². The largest absolute Gasteiger partial charge is 0.351 e. The number of anilines is 1. The van der Waals surface area contributed by atoms with Crippen LogP contribution < -0.4 is 10.2 Å². The van der Waals surface area contributed by atoms with Crippen LogP contribution in [0.4, 0.5) is 5.13 Å². The molecule has 1 aliphatic heterocycles. The minimum absolute atomic E-state index is 0.0462. The molecule has 2 heterocycles. The van der Waals surface area contributed by atoms with Gasteiger partial charge in [-0.2, -0.15) is 0 Å². The first kappa shape index (κ1) is 23.7. The first-order valence-electron chi connectivity index (χ1n) is 11.4. The Morgan fingerprint density at radius 1 is 1.06 bits per heavy atom. The normalized spacial score (nSPS) is 15.2. The van der Waals surface area contributed by atoms with Gasteiger partial charge in [-0.25, -0.2) is 13.4 Å². The van der Waals surface area contributed by atoms with Gasteiger partial charge in [-0.15, -0.1) is 0 Å². The van der Waals surface area contributed by atoms with Gasteiger partial charge in [-0.1, -0.05) is 37.3 Å². The Bertz CT molecular complexity index is 1210. The quantitative estimate of drug-likeness (QED) is 0.527. The molecule has 33 heavy (non-hydrogen) atoms. The van der Waals surface area contributed by atoms with E-state index in [2.05, 4.69) is 40.2 Å². The molecule has 7 nitrogen and oxygen atoms in total. The summed E-state index contributed by atoms with van der Waals surface area (Å²) in [7, 11) is -3.25. The third kappa shape index (κ3) is 5.37. The molecule has 0 atom stereocenters. The van der Waals surface area contributed by atoms with Crippen molar-refractivity contribution < 1.29 is 13.2 Å². The van der Waals surface area contributed by atoms with Crippen LogP contribution in [-0.4, -0.2) is 69.2 Å². The van der Waals surface area contributed by atoms with Gasteiger partial charge in [-0.3, -0.25) is 9.69 Å². The number of hydrogen-bond donors (Lipinski definition) is 1. The third-order valence-electron chi connectivity index (χ3n) is 6.08. The van der Waals surface area contributed by atoms with Crippen molar-refractivity contribution in [1.82, 2.24) is 15.2 Å². The Kier molecular flexibility index (Phi) is 7.31. The third-order valence-corrected chi connectivity index (χ3v) is 8.92. The molecule has 1 aromatic heterocycles. The summed E-state index contributed by atoms with van der Waals surface area (Å²) in [5.41, 5.74) is 2.90. The van der Waals surface area contributed by atoms with Gasteiger partial charge in [0.15, 0.2) is 15.0 Å². The summed E-state index contributed by atoms with van der Waals surface area (Å²) in [5.74, 6) is -0.139. The summed E-state index contributed by atoms with van der Waals surface area (Å²) < 4.78 is 25.1. The molecule has 176 valence electrons. The fourth-order valence-electron chi connectivity index (χ4n) is 3.99. The van der Waals surface area contributed by atoms with E-state index in [0.29, 0.717) is 12.1 Å². The number of aryl methyl sites for hydroxylation is 1. The van der Waals surface area contributed by atoms with Gasteiger partial charge in [0, 0.05) is 44.8 Å². The van der Waals surface area contributed by atoms with E-state index in [1.54, 1.807) is 30.4 Å². The highest BCUT2D eigenvalue weighted by Gasteiger charge is 2.20. The number of benzene rings is 2. The molecule has 9 heteroatoms. The Morgan fingerprint density at radius 3 is 2.45 bits per heavy atom. The Morgan fingerprint density at radius 2 is 1.79 bits per heavy atom. The van der Waals surface area contributed by atoms with Crippen molar-refractivity contribution in [2.24, 2.45) is 0 Å². The molecule has 0 saturated carbocycles. The monoisotopic (exact) mass is 486 g/mol. The lowest BCUT2D eigenvalue weighted by molar-refractivity contribution is 0.0947. The summed E-state index contributed by atoms with van der Waals surface area (Å²) in [5, 5.41) is 4.03. The zero-order chi connectivity index (χ0) is 23.4. The molecule has 2 aromatic carbocycles. The molecule has 0 radical (unpaired) electrons. The van der Waals surface area contributed by atoms with E-state index in [4.69, 9.17) is 4.98 Å². The molecular formula is C24H30N4O3S2. The lowest BCUT2D eigenvalue weighted by atomic mass is 10.1. The number of piperazine rings is 1. The van der Waals surface area contributed by atoms with E-state index in [-0.39, 0.29) is 16.6 Å². The predicted molar refractivity (Wildman–Crippen MR) is 134 cm³/mol. The number of aromatic nitrogens is 1. The molecule has 0 bridgehead atoms. The van der Waals surface area contributed by atoms with E-state index >= 15 is 0 Å². The molecule has 0 unspecified atom stereocenters. The van der Waals surface area contributed by atoms with Crippen molar-refractivity contribution in [3.05, 3.63) is 53.6 Å².